The molecule has 1 aliphatic heterocycles. The van der Waals surface area contributed by atoms with Crippen LogP contribution in [0.1, 0.15) is 25.5 Å². The fourth-order valence-corrected chi connectivity index (χ4v) is 2.30. The van der Waals surface area contributed by atoms with E-state index in [0.717, 1.165) is 35.5 Å². The molecule has 1 aliphatic rings. The average molecular weight is 239 g/mol. The molecule has 0 amide bonds. The molecule has 0 saturated heterocycles. The standard InChI is InChI=1S/C11H17N3OS/c1-3-9-5-12-10(15-9)6-14-11-13-4-8(2)7-16-11/h5,8H,3-4,6-7H2,1-2H3,(H,13,14). The number of nitrogens with one attached hydrogen (secondary N) is 1. The Morgan fingerprint density at radius 2 is 2.50 bits per heavy atom. The quantitative estimate of drug-likeness (QED) is 0.877. The number of amidine groups is 1. The van der Waals surface area contributed by atoms with Crippen molar-refractivity contribution in [3.63, 3.8) is 0 Å². The molecule has 1 aromatic rings. The van der Waals surface area contributed by atoms with Gasteiger partial charge in [-0.1, -0.05) is 25.6 Å². The van der Waals surface area contributed by atoms with Gasteiger partial charge in [0.25, 0.3) is 0 Å². The van der Waals surface area contributed by atoms with E-state index in [1.54, 1.807) is 18.0 Å². The van der Waals surface area contributed by atoms with Crippen LogP contribution in [-0.2, 0) is 13.0 Å². The van der Waals surface area contributed by atoms with E-state index in [2.05, 4.69) is 29.1 Å². The molecule has 2 heterocycles. The highest BCUT2D eigenvalue weighted by Crippen LogP contribution is 2.16. The van der Waals surface area contributed by atoms with Gasteiger partial charge in [-0.3, -0.25) is 4.99 Å². The van der Waals surface area contributed by atoms with E-state index in [1.165, 1.54) is 0 Å². The van der Waals surface area contributed by atoms with Crippen LogP contribution < -0.4 is 5.32 Å². The van der Waals surface area contributed by atoms with Crippen molar-refractivity contribution in [2.45, 2.75) is 26.8 Å². The normalized spacial score (nSPS) is 20.6. The second kappa shape index (κ2) is 5.39. The Bertz CT molecular complexity index is 375. The maximum Gasteiger partial charge on any atom is 0.213 e. The minimum absolute atomic E-state index is 0.625. The lowest BCUT2D eigenvalue weighted by Crippen LogP contribution is -2.25. The summed E-state index contributed by atoms with van der Waals surface area (Å²) < 4.78 is 5.51. The molecule has 16 heavy (non-hydrogen) atoms. The number of aromatic nitrogens is 1. The molecule has 1 unspecified atom stereocenters. The monoisotopic (exact) mass is 239 g/mol. The highest BCUT2D eigenvalue weighted by atomic mass is 32.2. The van der Waals surface area contributed by atoms with Crippen molar-refractivity contribution >= 4 is 16.9 Å². The molecule has 0 fully saturated rings. The van der Waals surface area contributed by atoms with Crippen molar-refractivity contribution in [1.29, 1.82) is 0 Å². The van der Waals surface area contributed by atoms with Crippen LogP contribution in [-0.4, -0.2) is 22.4 Å². The Morgan fingerprint density at radius 3 is 3.12 bits per heavy atom. The third kappa shape index (κ3) is 3.01. The zero-order valence-electron chi connectivity index (χ0n) is 9.69. The molecule has 2 rings (SSSR count). The first-order chi connectivity index (χ1) is 7.78. The molecule has 1 aromatic heterocycles. The Kier molecular flexibility index (Phi) is 3.88. The summed E-state index contributed by atoms with van der Waals surface area (Å²) in [7, 11) is 0. The number of aliphatic imine (C=N–C) groups is 1. The predicted molar refractivity (Wildman–Crippen MR) is 66.6 cm³/mol. The van der Waals surface area contributed by atoms with Crippen molar-refractivity contribution in [2.75, 3.05) is 12.3 Å². The van der Waals surface area contributed by atoms with Crippen LogP contribution in [0.25, 0.3) is 0 Å². The molecule has 5 heteroatoms. The van der Waals surface area contributed by atoms with Gasteiger partial charge in [0, 0.05) is 18.7 Å². The SMILES string of the molecule is CCc1cnc(CNC2=NCC(C)CS2)o1. The number of rotatable bonds is 3. The van der Waals surface area contributed by atoms with E-state index in [0.29, 0.717) is 12.5 Å². The van der Waals surface area contributed by atoms with E-state index < -0.39 is 0 Å². The van der Waals surface area contributed by atoms with Gasteiger partial charge in [-0.05, 0) is 5.92 Å². The number of nitrogens with zero attached hydrogens (tertiary/aromatic N) is 2. The molecule has 0 spiro atoms. The van der Waals surface area contributed by atoms with Gasteiger partial charge >= 0.3 is 0 Å². The van der Waals surface area contributed by atoms with Crippen LogP contribution >= 0.6 is 11.8 Å². The Balaban J connectivity index is 1.83. The van der Waals surface area contributed by atoms with Gasteiger partial charge < -0.3 is 9.73 Å². The van der Waals surface area contributed by atoms with Crippen LogP contribution in [0.4, 0.5) is 0 Å². The summed E-state index contributed by atoms with van der Waals surface area (Å²) in [6.07, 6.45) is 2.68. The van der Waals surface area contributed by atoms with Crippen LogP contribution in [0.15, 0.2) is 15.6 Å². The number of thioether (sulfide) groups is 1. The predicted octanol–water partition coefficient (Wildman–Crippen LogP) is 2.07. The lowest BCUT2D eigenvalue weighted by Gasteiger charge is -2.17. The lowest BCUT2D eigenvalue weighted by molar-refractivity contribution is 0.454. The summed E-state index contributed by atoms with van der Waals surface area (Å²) >= 11 is 1.77. The summed E-state index contributed by atoms with van der Waals surface area (Å²) in [6.45, 7) is 5.82. The van der Waals surface area contributed by atoms with E-state index in [4.69, 9.17) is 4.42 Å². The minimum Gasteiger partial charge on any atom is -0.444 e. The molecule has 0 radical (unpaired) electrons. The minimum atomic E-state index is 0.625. The topological polar surface area (TPSA) is 50.4 Å². The molecule has 1 N–H and O–H groups in total. The van der Waals surface area contributed by atoms with E-state index in [-0.39, 0.29) is 0 Å². The van der Waals surface area contributed by atoms with Crippen molar-refractivity contribution in [3.05, 3.63) is 17.8 Å². The molecule has 0 aliphatic carbocycles. The van der Waals surface area contributed by atoms with E-state index in [9.17, 15) is 0 Å². The fourth-order valence-electron chi connectivity index (χ4n) is 1.41. The van der Waals surface area contributed by atoms with E-state index >= 15 is 0 Å². The summed E-state index contributed by atoms with van der Waals surface area (Å²) in [5, 5.41) is 4.26. The van der Waals surface area contributed by atoms with Gasteiger partial charge in [-0.25, -0.2) is 4.98 Å². The highest BCUT2D eigenvalue weighted by Gasteiger charge is 2.12. The first-order valence-corrected chi connectivity index (χ1v) is 6.61. The van der Waals surface area contributed by atoms with Gasteiger partial charge in [0.05, 0.1) is 12.7 Å². The average Bonchev–Trinajstić information content (AvgIpc) is 2.76. The smallest absolute Gasteiger partial charge is 0.213 e. The molecule has 0 saturated carbocycles. The van der Waals surface area contributed by atoms with Crippen molar-refractivity contribution in [2.24, 2.45) is 10.9 Å². The Morgan fingerprint density at radius 1 is 1.62 bits per heavy atom. The van der Waals surface area contributed by atoms with Crippen molar-refractivity contribution in [1.82, 2.24) is 10.3 Å². The largest absolute Gasteiger partial charge is 0.444 e. The lowest BCUT2D eigenvalue weighted by atomic mass is 10.2. The summed E-state index contributed by atoms with van der Waals surface area (Å²) in [5.41, 5.74) is 0. The van der Waals surface area contributed by atoms with Crippen LogP contribution in [0.2, 0.25) is 0 Å². The second-order valence-corrected chi connectivity index (χ2v) is 5.00. The van der Waals surface area contributed by atoms with Gasteiger partial charge in [0.1, 0.15) is 5.76 Å². The summed E-state index contributed by atoms with van der Waals surface area (Å²) in [5.74, 6) is 3.49. The highest BCUT2D eigenvalue weighted by molar-refractivity contribution is 8.13. The van der Waals surface area contributed by atoms with Crippen LogP contribution in [0, 0.1) is 5.92 Å². The number of hydrogen-bond acceptors (Lipinski definition) is 5. The van der Waals surface area contributed by atoms with Crippen molar-refractivity contribution in [3.8, 4) is 0 Å². The molecule has 1 atom stereocenters. The van der Waals surface area contributed by atoms with Gasteiger partial charge in [0.2, 0.25) is 5.89 Å². The second-order valence-electron chi connectivity index (χ2n) is 3.99. The molecular formula is C11H17N3OS. The summed E-state index contributed by atoms with van der Waals surface area (Å²) in [6, 6.07) is 0. The van der Waals surface area contributed by atoms with Crippen LogP contribution in [0.3, 0.4) is 0 Å². The van der Waals surface area contributed by atoms with Gasteiger partial charge in [-0.2, -0.15) is 0 Å². The first-order valence-electron chi connectivity index (χ1n) is 5.62. The third-order valence-corrected chi connectivity index (χ3v) is 3.67. The third-order valence-electron chi connectivity index (χ3n) is 2.39. The van der Waals surface area contributed by atoms with Gasteiger partial charge in [-0.15, -0.1) is 0 Å². The number of oxazole rings is 1. The maximum absolute atomic E-state index is 5.51. The number of hydrogen-bond donors (Lipinski definition) is 1. The Labute approximate surface area is 99.9 Å². The van der Waals surface area contributed by atoms with Gasteiger partial charge in [0.15, 0.2) is 5.17 Å². The maximum atomic E-state index is 5.51. The fraction of sp³-hybridized carbons (Fsp3) is 0.636. The Hall–Kier alpha value is -0.970. The molecular weight excluding hydrogens is 222 g/mol. The van der Waals surface area contributed by atoms with Crippen LogP contribution in [0.5, 0.6) is 0 Å². The number of aryl methyl sites for hydroxylation is 1. The van der Waals surface area contributed by atoms with E-state index in [1.807, 2.05) is 0 Å². The zero-order valence-corrected chi connectivity index (χ0v) is 10.5. The first kappa shape index (κ1) is 11.5. The molecule has 88 valence electrons. The van der Waals surface area contributed by atoms with Crippen molar-refractivity contribution < 1.29 is 4.42 Å². The molecule has 0 bridgehead atoms. The summed E-state index contributed by atoms with van der Waals surface area (Å²) in [4.78, 5) is 8.64. The zero-order chi connectivity index (χ0) is 11.4. The molecule has 4 nitrogen and oxygen atoms in total. The molecule has 0 aromatic carbocycles.